The normalized spacial score (nSPS) is 33.0. The Hall–Kier alpha value is -7.68. The molecule has 4 aromatic rings. The lowest BCUT2D eigenvalue weighted by molar-refractivity contribution is -0.154. The lowest BCUT2D eigenvalue weighted by Crippen LogP contribution is -2.50. The summed E-state index contributed by atoms with van der Waals surface area (Å²) in [7, 11) is 0. The Balaban J connectivity index is 0.724. The number of nitrogens with two attached hydrogens (primary N) is 1. The van der Waals surface area contributed by atoms with Crippen molar-refractivity contribution in [3.05, 3.63) is 121 Å². The molecule has 4 aliphatic heterocycles. The zero-order valence-corrected chi connectivity index (χ0v) is 32.9. The van der Waals surface area contributed by atoms with Gasteiger partial charge in [-0.15, -0.1) is 0 Å². The van der Waals surface area contributed by atoms with Crippen molar-refractivity contribution in [2.24, 2.45) is 71.0 Å². The molecule has 15 nitrogen and oxygen atoms in total. The Bertz CT molecular complexity index is 2720. The summed E-state index contributed by atoms with van der Waals surface area (Å²) in [6.45, 7) is 0. The van der Waals surface area contributed by atoms with Gasteiger partial charge in [0, 0.05) is 29.4 Å². The van der Waals surface area contributed by atoms with E-state index < -0.39 is 118 Å². The number of esters is 2. The van der Waals surface area contributed by atoms with E-state index in [9.17, 15) is 38.4 Å². The summed E-state index contributed by atoms with van der Waals surface area (Å²) in [4.78, 5) is 112. The quantitative estimate of drug-likeness (QED) is 0.0877. The van der Waals surface area contributed by atoms with Crippen molar-refractivity contribution in [3.63, 3.8) is 0 Å². The number of hydrogen-bond donors (Lipinski definition) is 1. The van der Waals surface area contributed by atoms with E-state index in [1.54, 1.807) is 109 Å². The van der Waals surface area contributed by atoms with Gasteiger partial charge in [0.2, 0.25) is 35.4 Å². The van der Waals surface area contributed by atoms with Gasteiger partial charge in [-0.25, -0.2) is 0 Å². The van der Waals surface area contributed by atoms with E-state index in [2.05, 4.69) is 0 Å². The molecule has 0 aromatic heterocycles. The number of nitrogen functional groups attached to an aromatic ring is 1. The number of rotatable bonds is 7. The third kappa shape index (κ3) is 5.13. The van der Waals surface area contributed by atoms with Crippen LogP contribution in [0.25, 0.3) is 0 Å². The summed E-state index contributed by atoms with van der Waals surface area (Å²) >= 11 is 0. The molecule has 4 saturated heterocycles. The molecule has 4 aromatic carbocycles. The first-order valence-corrected chi connectivity index (χ1v) is 20.8. The smallest absolute Gasteiger partial charge is 0.318 e. The predicted molar refractivity (Wildman–Crippen MR) is 219 cm³/mol. The van der Waals surface area contributed by atoms with Gasteiger partial charge >= 0.3 is 11.9 Å². The Morgan fingerprint density at radius 1 is 0.349 bits per heavy atom. The largest absolute Gasteiger partial charge is 0.457 e. The molecule has 12 atom stereocenters. The van der Waals surface area contributed by atoms with Crippen LogP contribution in [-0.2, 0) is 43.1 Å². The number of ether oxygens (including phenoxy) is 3. The van der Waals surface area contributed by atoms with Crippen molar-refractivity contribution >= 4 is 70.1 Å². The number of cyclic esters (lactones) is 2. The van der Waals surface area contributed by atoms with Crippen molar-refractivity contribution in [1.82, 2.24) is 0 Å². The minimum atomic E-state index is -0.807. The maximum atomic E-state index is 14.2. The fourth-order valence-electron chi connectivity index (χ4n) is 11.8. The van der Waals surface area contributed by atoms with E-state index in [-0.39, 0.29) is 0 Å². The molecular weight excluding hydrogens is 809 g/mol. The fourth-order valence-corrected chi connectivity index (χ4v) is 11.8. The zero-order chi connectivity index (χ0) is 43.2. The lowest BCUT2D eigenvalue weighted by Gasteiger charge is -2.44. The second-order valence-corrected chi connectivity index (χ2v) is 17.3. The second-order valence-electron chi connectivity index (χ2n) is 17.3. The number of imide groups is 3. The van der Waals surface area contributed by atoms with Crippen molar-refractivity contribution < 1.29 is 52.6 Å². The summed E-state index contributed by atoms with van der Waals surface area (Å²) in [5.41, 5.74) is 7.39. The van der Waals surface area contributed by atoms with E-state index in [0.29, 0.717) is 45.7 Å². The number of benzene rings is 4. The third-order valence-electron chi connectivity index (χ3n) is 14.4. The summed E-state index contributed by atoms with van der Waals surface area (Å²) in [6.07, 6.45) is 7.16. The summed E-state index contributed by atoms with van der Waals surface area (Å²) in [5.74, 6) is -10.7. The highest BCUT2D eigenvalue weighted by Crippen LogP contribution is 2.60. The van der Waals surface area contributed by atoms with Gasteiger partial charge in [0.15, 0.2) is 0 Å². The highest BCUT2D eigenvalue weighted by Gasteiger charge is 2.70. The molecule has 6 fully saturated rings. The lowest BCUT2D eigenvalue weighted by atomic mass is 9.54. The molecule has 12 unspecified atom stereocenters. The molecule has 0 radical (unpaired) electrons. The van der Waals surface area contributed by atoms with Crippen LogP contribution in [0.5, 0.6) is 23.0 Å². The molecule has 14 rings (SSSR count). The van der Waals surface area contributed by atoms with Crippen molar-refractivity contribution in [3.8, 4) is 23.0 Å². The second kappa shape index (κ2) is 13.2. The first-order valence-electron chi connectivity index (χ1n) is 20.8. The predicted octanol–water partition coefficient (Wildman–Crippen LogP) is 4.82. The molecule has 2 N–H and O–H groups in total. The monoisotopic (exact) mass is 842 g/mol. The third-order valence-corrected chi connectivity index (χ3v) is 14.4. The molecule has 10 aliphatic rings. The first-order chi connectivity index (χ1) is 30.5. The maximum Gasteiger partial charge on any atom is 0.318 e. The summed E-state index contributed by atoms with van der Waals surface area (Å²) in [6, 6.07) is 26.2. The topological polar surface area (TPSA) is 200 Å². The Morgan fingerprint density at radius 3 is 0.857 bits per heavy atom. The van der Waals surface area contributed by atoms with Crippen LogP contribution in [0.1, 0.15) is 0 Å². The van der Waals surface area contributed by atoms with Gasteiger partial charge in [-0.2, -0.15) is 0 Å². The molecule has 63 heavy (non-hydrogen) atoms. The Morgan fingerprint density at radius 2 is 0.587 bits per heavy atom. The van der Waals surface area contributed by atoms with Gasteiger partial charge in [-0.3, -0.25) is 53.1 Å². The van der Waals surface area contributed by atoms with Crippen LogP contribution < -0.4 is 29.9 Å². The number of carbonyl (C=O) groups excluding carboxylic acids is 8. The average Bonchev–Trinajstić information content (AvgIpc) is 3.96. The minimum Gasteiger partial charge on any atom is -0.457 e. The van der Waals surface area contributed by atoms with E-state index in [0.717, 1.165) is 9.80 Å². The van der Waals surface area contributed by atoms with Crippen LogP contribution in [0.3, 0.4) is 0 Å². The Labute approximate surface area is 357 Å². The van der Waals surface area contributed by atoms with Crippen LogP contribution in [0.2, 0.25) is 0 Å². The van der Waals surface area contributed by atoms with Gasteiger partial charge in [0.05, 0.1) is 64.4 Å². The van der Waals surface area contributed by atoms with Gasteiger partial charge in [-0.05, 0) is 97.1 Å². The van der Waals surface area contributed by atoms with Gasteiger partial charge in [0.25, 0.3) is 0 Å². The van der Waals surface area contributed by atoms with Crippen LogP contribution in [-0.4, -0.2) is 47.4 Å². The summed E-state index contributed by atoms with van der Waals surface area (Å²) in [5, 5.41) is 0. The van der Waals surface area contributed by atoms with Crippen molar-refractivity contribution in [2.75, 3.05) is 20.4 Å². The van der Waals surface area contributed by atoms with Gasteiger partial charge < -0.3 is 19.9 Å². The number of carbonyl (C=O) groups is 8. The van der Waals surface area contributed by atoms with Gasteiger partial charge in [0.1, 0.15) is 23.0 Å². The van der Waals surface area contributed by atoms with Crippen LogP contribution >= 0.6 is 0 Å². The summed E-state index contributed by atoms with van der Waals surface area (Å²) < 4.78 is 16.8. The molecule has 6 aliphatic carbocycles. The van der Waals surface area contributed by atoms with Crippen LogP contribution in [0.4, 0.5) is 22.7 Å². The minimum absolute atomic E-state index is 0.322. The van der Waals surface area contributed by atoms with E-state index in [1.807, 2.05) is 12.2 Å². The maximum absolute atomic E-state index is 14.2. The van der Waals surface area contributed by atoms with E-state index in [1.165, 1.54) is 4.90 Å². The van der Waals surface area contributed by atoms with Crippen molar-refractivity contribution in [2.45, 2.75) is 0 Å². The zero-order valence-electron chi connectivity index (χ0n) is 32.9. The molecule has 312 valence electrons. The van der Waals surface area contributed by atoms with Gasteiger partial charge in [-0.1, -0.05) is 24.3 Å². The standard InChI is InChI=1S/C48H34N4O11/c49-21-1-9-25(10-2-21)61-26-11-3-22(4-12-26)50-41(53)33-29-17-18-30(34(33)42(50)54)36-35(29)43(55)51(44(36)56)23-5-13-27(14-6-23)62-28-15-7-24(8-16-28)52-45(57)37-31-19-20-32(38(37)46(52)58)40-39(31)47(59)63-48(40)60/h1-20,29-40H,49H2. The fraction of sp³-hybridized carbons (Fsp3) is 0.250. The molecule has 4 heterocycles. The molecule has 15 heteroatoms. The molecule has 2 saturated carbocycles. The highest BCUT2D eigenvalue weighted by atomic mass is 16.6. The van der Waals surface area contributed by atoms with E-state index in [4.69, 9.17) is 19.9 Å². The van der Waals surface area contributed by atoms with Crippen molar-refractivity contribution in [1.29, 1.82) is 0 Å². The molecule has 6 amide bonds. The number of amides is 6. The molecular formula is C48H34N4O11. The SMILES string of the molecule is Nc1ccc(Oc2ccc(N3C(=O)C4C5C=CC(C4C3=O)C3C(=O)N(c4ccc(Oc6ccc(N7C(=O)C8C9C=CC(C%10C(=O)OC(=O)C9%10)C8C7=O)cc6)cc4)C(=O)C53)cc2)cc1. The van der Waals surface area contributed by atoms with Crippen LogP contribution in [0.15, 0.2) is 121 Å². The number of anilines is 4. The molecule has 4 bridgehead atoms. The molecule has 0 spiro atoms. The Kier molecular flexibility index (Phi) is 7.75. The van der Waals surface area contributed by atoms with Crippen LogP contribution in [0, 0.1) is 71.0 Å². The van der Waals surface area contributed by atoms with E-state index >= 15 is 0 Å². The number of nitrogens with zero attached hydrogens (tertiary/aromatic N) is 3. The first kappa shape index (κ1) is 37.1. The number of allylic oxidation sites excluding steroid dienone is 4. The number of hydrogen-bond acceptors (Lipinski definition) is 12. The highest BCUT2D eigenvalue weighted by molar-refractivity contribution is 6.26. The average molecular weight is 843 g/mol.